The van der Waals surface area contributed by atoms with Gasteiger partial charge in [-0.1, -0.05) is 203 Å². The highest BCUT2D eigenvalue weighted by molar-refractivity contribution is 5.74. The quantitative estimate of drug-likeness (QED) is 0.0228. The molecule has 0 radical (unpaired) electrons. The van der Waals surface area contributed by atoms with Crippen LogP contribution in [0.1, 0.15) is 175 Å². The highest BCUT2D eigenvalue weighted by Crippen LogP contribution is 2.26. The third kappa shape index (κ3) is 44.2. The van der Waals surface area contributed by atoms with Crippen LogP contribution in [0.15, 0.2) is 182 Å². The monoisotopic (exact) mass is 1120 g/mol. The van der Waals surface area contributed by atoms with Crippen molar-refractivity contribution in [1.82, 2.24) is 0 Å². The van der Waals surface area contributed by atoms with Crippen LogP contribution in [-0.2, 0) is 42.9 Å². The molecule has 0 bridgehead atoms. The minimum absolute atomic E-state index is 0.0775. The second-order valence-corrected chi connectivity index (χ2v) is 19.1. The Morgan fingerprint density at radius 1 is 0.407 bits per heavy atom. The zero-order valence-electron chi connectivity index (χ0n) is 49.2. The topological polar surface area (TPSA) is 175 Å². The second-order valence-electron chi connectivity index (χ2n) is 19.1. The van der Waals surface area contributed by atoms with E-state index in [-0.39, 0.29) is 25.9 Å². The maximum absolute atomic E-state index is 13.1. The van der Waals surface area contributed by atoms with Crippen molar-refractivity contribution in [3.8, 4) is 0 Å². The van der Waals surface area contributed by atoms with Gasteiger partial charge in [-0.3, -0.25) is 14.4 Å². The van der Waals surface area contributed by atoms with Crippen LogP contribution in [0.4, 0.5) is 0 Å². The molecular formula is C69H100O12. The molecule has 1 fully saturated rings. The fourth-order valence-electron chi connectivity index (χ4n) is 7.54. The first-order valence-corrected chi connectivity index (χ1v) is 29.8. The molecule has 0 amide bonds. The summed E-state index contributed by atoms with van der Waals surface area (Å²) in [6.07, 6.45) is 70.2. The molecule has 12 nitrogen and oxygen atoms in total. The predicted octanol–water partition coefficient (Wildman–Crippen LogP) is 15.7. The number of allylic oxidation sites excluding steroid dienone is 30. The highest BCUT2D eigenvalue weighted by Gasteiger charge is 2.50. The van der Waals surface area contributed by atoms with E-state index in [0.717, 1.165) is 103 Å². The third-order valence-electron chi connectivity index (χ3n) is 12.0. The Bertz CT molecular complexity index is 2110. The van der Waals surface area contributed by atoms with Gasteiger partial charge in [0.2, 0.25) is 0 Å². The van der Waals surface area contributed by atoms with Gasteiger partial charge < -0.3 is 39.0 Å². The molecule has 3 N–H and O–H groups in total. The lowest BCUT2D eigenvalue weighted by atomic mass is 9.98. The Hall–Kier alpha value is -6.18. The second kappa shape index (κ2) is 54.4. The van der Waals surface area contributed by atoms with Gasteiger partial charge in [-0.25, -0.2) is 4.79 Å². The molecule has 6 unspecified atom stereocenters. The van der Waals surface area contributed by atoms with E-state index in [0.29, 0.717) is 32.1 Å². The number of carboxylic acid groups (broad SMARTS) is 1. The van der Waals surface area contributed by atoms with Gasteiger partial charge in [-0.2, -0.15) is 0 Å². The van der Waals surface area contributed by atoms with Crippen molar-refractivity contribution in [1.29, 1.82) is 0 Å². The van der Waals surface area contributed by atoms with Crippen LogP contribution < -0.4 is 0 Å². The number of esters is 3. The first-order chi connectivity index (χ1) is 39.6. The molecule has 6 atom stereocenters. The van der Waals surface area contributed by atoms with Crippen LogP contribution >= 0.6 is 0 Å². The number of aliphatic hydroxyl groups excluding tert-OH is 2. The van der Waals surface area contributed by atoms with Gasteiger partial charge in [0, 0.05) is 19.3 Å². The smallest absolute Gasteiger partial charge is 0.335 e. The standard InChI is InChI=1S/C69H100O12/c1-4-7-10-13-16-19-22-25-28-30-31-33-36-39-42-45-48-51-54-57-63(72)80-67-65(74)64(73)66(68(75)76)81-69(67)78-59-60(79-62(71)56-53-50-47-44-41-38-34-27-24-21-18-15-12-9-6-3)58-77-61(70)55-52-49-46-43-40-37-35-32-29-26-23-20-17-14-11-8-5-2/h7-12,16-21,25-29,31,33-35,37,39,41-44,46,48,51,60,64-67,69,73-74H,4-6,13-15,22-24,30,32,36,38,40,45,47,49-50,52-59H2,1-3H3,(H,75,76)/b10-7-,11-8-,12-9-,19-16-,20-17-,21-18-,28-25-,29-26-,33-31-,34-27-,37-35-,42-39-,44-41-,46-43-,51-48-. The van der Waals surface area contributed by atoms with Gasteiger partial charge in [0.15, 0.2) is 24.6 Å². The Morgan fingerprint density at radius 2 is 0.765 bits per heavy atom. The van der Waals surface area contributed by atoms with E-state index in [2.05, 4.69) is 173 Å². The first kappa shape index (κ1) is 72.8. The van der Waals surface area contributed by atoms with Crippen molar-refractivity contribution in [2.45, 2.75) is 212 Å². The molecule has 448 valence electrons. The fourth-order valence-corrected chi connectivity index (χ4v) is 7.54. The summed E-state index contributed by atoms with van der Waals surface area (Å²) < 4.78 is 28.2. The van der Waals surface area contributed by atoms with Crippen molar-refractivity contribution in [3.63, 3.8) is 0 Å². The summed E-state index contributed by atoms with van der Waals surface area (Å²) in [6.45, 7) is 5.51. The molecule has 1 aliphatic rings. The van der Waals surface area contributed by atoms with Crippen LogP contribution in [0.2, 0.25) is 0 Å². The number of carbonyl (C=O) groups is 4. The normalized spacial score (nSPS) is 19.0. The number of unbranched alkanes of at least 4 members (excludes halogenated alkanes) is 3. The Balaban J connectivity index is 2.81. The first-order valence-electron chi connectivity index (χ1n) is 29.8. The Labute approximate surface area is 487 Å². The number of rotatable bonds is 47. The number of aliphatic hydroxyl groups is 2. The Morgan fingerprint density at radius 3 is 1.16 bits per heavy atom. The van der Waals surface area contributed by atoms with E-state index in [9.17, 15) is 34.5 Å². The minimum atomic E-state index is -1.95. The number of hydrogen-bond acceptors (Lipinski definition) is 11. The van der Waals surface area contributed by atoms with Crippen molar-refractivity contribution < 1.29 is 58.2 Å². The molecule has 0 aromatic rings. The van der Waals surface area contributed by atoms with Crippen LogP contribution in [0.25, 0.3) is 0 Å². The van der Waals surface area contributed by atoms with Crippen LogP contribution in [0, 0.1) is 0 Å². The average Bonchev–Trinajstić information content (AvgIpc) is 3.54. The summed E-state index contributed by atoms with van der Waals surface area (Å²) in [5.41, 5.74) is 0. The van der Waals surface area contributed by atoms with Crippen molar-refractivity contribution in [2.24, 2.45) is 0 Å². The van der Waals surface area contributed by atoms with E-state index in [1.165, 1.54) is 0 Å². The third-order valence-corrected chi connectivity index (χ3v) is 12.0. The summed E-state index contributed by atoms with van der Waals surface area (Å²) in [5.74, 6) is -3.41. The van der Waals surface area contributed by atoms with Crippen molar-refractivity contribution >= 4 is 23.9 Å². The predicted molar refractivity (Wildman–Crippen MR) is 330 cm³/mol. The van der Waals surface area contributed by atoms with E-state index in [1.54, 1.807) is 0 Å². The Kier molecular flexibility index (Phi) is 48.9. The number of carboxylic acids is 1. The maximum Gasteiger partial charge on any atom is 0.335 e. The van der Waals surface area contributed by atoms with E-state index in [4.69, 9.17) is 23.7 Å². The van der Waals surface area contributed by atoms with E-state index >= 15 is 0 Å². The summed E-state index contributed by atoms with van der Waals surface area (Å²) in [6, 6.07) is 0. The molecule has 0 aromatic heterocycles. The van der Waals surface area contributed by atoms with Gasteiger partial charge in [0.05, 0.1) is 6.61 Å². The van der Waals surface area contributed by atoms with Crippen LogP contribution in [0.3, 0.4) is 0 Å². The summed E-state index contributed by atoms with van der Waals surface area (Å²) in [7, 11) is 0. The number of hydrogen-bond donors (Lipinski definition) is 3. The van der Waals surface area contributed by atoms with Gasteiger partial charge in [-0.15, -0.1) is 0 Å². The van der Waals surface area contributed by atoms with Crippen LogP contribution in [-0.4, -0.2) is 89.2 Å². The molecule has 0 aliphatic carbocycles. The number of ether oxygens (including phenoxy) is 5. The SMILES string of the molecule is CC/C=C\C/C=C\C/C=C\C/C=C\C/C=C\C/C=C\CCC(=O)OC1C(OCC(COC(=O)CCC/C=C\C/C=C\C/C=C\C/C=C\C/C=C\CC)OC(=O)CCCC/C=C\C/C=C\C/C=C\C/C=C\CC)OC(C(=O)O)C(O)C1O. The molecule has 12 heteroatoms. The number of aliphatic carboxylic acids is 1. The van der Waals surface area contributed by atoms with Crippen molar-refractivity contribution in [3.05, 3.63) is 182 Å². The van der Waals surface area contributed by atoms with Gasteiger partial charge >= 0.3 is 23.9 Å². The molecular weight excluding hydrogens is 1020 g/mol. The molecule has 1 heterocycles. The minimum Gasteiger partial charge on any atom is -0.479 e. The maximum atomic E-state index is 13.1. The molecule has 1 saturated heterocycles. The van der Waals surface area contributed by atoms with E-state index in [1.807, 2.05) is 30.4 Å². The molecule has 0 aromatic carbocycles. The molecule has 81 heavy (non-hydrogen) atoms. The fraction of sp³-hybridized carbons (Fsp3) is 0.507. The van der Waals surface area contributed by atoms with Crippen LogP contribution in [0.5, 0.6) is 0 Å². The highest BCUT2D eigenvalue weighted by atomic mass is 16.7. The van der Waals surface area contributed by atoms with Crippen molar-refractivity contribution in [2.75, 3.05) is 13.2 Å². The van der Waals surface area contributed by atoms with Gasteiger partial charge in [0.25, 0.3) is 0 Å². The zero-order chi connectivity index (χ0) is 58.9. The molecule has 0 spiro atoms. The average molecular weight is 1120 g/mol. The molecule has 1 aliphatic heterocycles. The summed E-state index contributed by atoms with van der Waals surface area (Å²) in [4.78, 5) is 51.1. The lowest BCUT2D eigenvalue weighted by Gasteiger charge is -2.40. The summed E-state index contributed by atoms with van der Waals surface area (Å²) >= 11 is 0. The largest absolute Gasteiger partial charge is 0.479 e. The number of carbonyl (C=O) groups excluding carboxylic acids is 3. The lowest BCUT2D eigenvalue weighted by molar-refractivity contribution is -0.301. The lowest BCUT2D eigenvalue weighted by Crippen LogP contribution is -2.61. The molecule has 0 saturated carbocycles. The molecule has 1 rings (SSSR count). The zero-order valence-corrected chi connectivity index (χ0v) is 49.2. The summed E-state index contributed by atoms with van der Waals surface area (Å²) in [5, 5.41) is 31.5. The van der Waals surface area contributed by atoms with Gasteiger partial charge in [-0.05, 0) is 135 Å². The van der Waals surface area contributed by atoms with E-state index < -0.39 is 67.3 Å². The van der Waals surface area contributed by atoms with Gasteiger partial charge in [0.1, 0.15) is 18.8 Å².